The minimum atomic E-state index is -0.243. The number of anilines is 1. The van der Waals surface area contributed by atoms with Crippen molar-refractivity contribution in [3.8, 4) is 0 Å². The third-order valence-corrected chi connectivity index (χ3v) is 3.02. The fraction of sp³-hybridized carbons (Fsp3) is 0.267. The van der Waals surface area contributed by atoms with Crippen LogP contribution in [-0.2, 0) is 0 Å². The molecule has 1 unspecified atom stereocenters. The van der Waals surface area contributed by atoms with E-state index in [1.165, 1.54) is 6.20 Å². The number of aromatic nitrogens is 2. The Bertz CT molecular complexity index is 612. The predicted molar refractivity (Wildman–Crippen MR) is 78.1 cm³/mol. The van der Waals surface area contributed by atoms with E-state index in [-0.39, 0.29) is 11.9 Å². The van der Waals surface area contributed by atoms with Crippen molar-refractivity contribution in [2.45, 2.75) is 26.3 Å². The first-order chi connectivity index (χ1) is 9.60. The quantitative estimate of drug-likeness (QED) is 0.892. The lowest BCUT2D eigenvalue weighted by Gasteiger charge is -2.16. The maximum atomic E-state index is 12.2. The number of rotatable bonds is 4. The number of nitrogens with zero attached hydrogens (tertiary/aromatic N) is 2. The molecule has 0 spiro atoms. The summed E-state index contributed by atoms with van der Waals surface area (Å²) in [5.74, 6) is -0.243. The SMILES string of the molecule is CCC(NC(=O)c1cc(N)ccn1)c1cc(C)ccn1. The maximum Gasteiger partial charge on any atom is 0.270 e. The summed E-state index contributed by atoms with van der Waals surface area (Å²) in [6.45, 7) is 4.00. The predicted octanol–water partition coefficient (Wildman–Crippen LogP) is 2.25. The van der Waals surface area contributed by atoms with Crippen molar-refractivity contribution >= 4 is 11.6 Å². The molecule has 2 rings (SSSR count). The molecule has 1 amide bonds. The van der Waals surface area contributed by atoms with Crippen molar-refractivity contribution < 1.29 is 4.79 Å². The lowest BCUT2D eigenvalue weighted by molar-refractivity contribution is 0.0929. The second kappa shape index (κ2) is 6.14. The Hall–Kier alpha value is -2.43. The zero-order valence-electron chi connectivity index (χ0n) is 11.6. The van der Waals surface area contributed by atoms with Crippen LogP contribution < -0.4 is 11.1 Å². The van der Waals surface area contributed by atoms with E-state index in [0.717, 1.165) is 17.7 Å². The number of nitrogens with two attached hydrogens (primary N) is 1. The first-order valence-electron chi connectivity index (χ1n) is 6.55. The minimum absolute atomic E-state index is 0.134. The summed E-state index contributed by atoms with van der Waals surface area (Å²) in [6.07, 6.45) is 4.03. The van der Waals surface area contributed by atoms with Gasteiger partial charge >= 0.3 is 0 Å². The summed E-state index contributed by atoms with van der Waals surface area (Å²) in [5.41, 5.74) is 8.46. The van der Waals surface area contributed by atoms with Crippen LogP contribution in [0.5, 0.6) is 0 Å². The van der Waals surface area contributed by atoms with Crippen LogP contribution >= 0.6 is 0 Å². The zero-order chi connectivity index (χ0) is 14.5. The normalized spacial score (nSPS) is 11.9. The third kappa shape index (κ3) is 3.32. The van der Waals surface area contributed by atoms with Gasteiger partial charge in [0.1, 0.15) is 5.69 Å². The highest BCUT2D eigenvalue weighted by Gasteiger charge is 2.16. The van der Waals surface area contributed by atoms with Crippen LogP contribution in [0.3, 0.4) is 0 Å². The van der Waals surface area contributed by atoms with Crippen molar-refractivity contribution in [3.63, 3.8) is 0 Å². The zero-order valence-corrected chi connectivity index (χ0v) is 11.6. The van der Waals surface area contributed by atoms with Gasteiger partial charge in [-0.2, -0.15) is 0 Å². The highest BCUT2D eigenvalue weighted by atomic mass is 16.1. The Morgan fingerprint density at radius 3 is 2.70 bits per heavy atom. The van der Waals surface area contributed by atoms with Crippen molar-refractivity contribution in [1.29, 1.82) is 0 Å². The molecule has 0 bridgehead atoms. The number of nitrogens with one attached hydrogen (secondary N) is 1. The van der Waals surface area contributed by atoms with E-state index >= 15 is 0 Å². The molecule has 0 aliphatic carbocycles. The van der Waals surface area contributed by atoms with Crippen LogP contribution in [0.4, 0.5) is 5.69 Å². The third-order valence-electron chi connectivity index (χ3n) is 3.02. The van der Waals surface area contributed by atoms with E-state index in [0.29, 0.717) is 11.4 Å². The number of amides is 1. The fourth-order valence-electron chi connectivity index (χ4n) is 1.94. The first-order valence-corrected chi connectivity index (χ1v) is 6.55. The van der Waals surface area contributed by atoms with Crippen molar-refractivity contribution in [1.82, 2.24) is 15.3 Å². The maximum absolute atomic E-state index is 12.2. The van der Waals surface area contributed by atoms with Gasteiger partial charge in [-0.1, -0.05) is 6.92 Å². The molecule has 0 fully saturated rings. The molecule has 2 aromatic heterocycles. The van der Waals surface area contributed by atoms with Crippen LogP contribution in [0, 0.1) is 6.92 Å². The molecule has 0 saturated carbocycles. The molecule has 2 aromatic rings. The highest BCUT2D eigenvalue weighted by Crippen LogP contribution is 2.16. The van der Waals surface area contributed by atoms with Gasteiger partial charge in [0.15, 0.2) is 0 Å². The van der Waals surface area contributed by atoms with Gasteiger partial charge in [0.25, 0.3) is 5.91 Å². The van der Waals surface area contributed by atoms with E-state index < -0.39 is 0 Å². The van der Waals surface area contributed by atoms with Gasteiger partial charge in [-0.3, -0.25) is 14.8 Å². The molecule has 0 radical (unpaired) electrons. The van der Waals surface area contributed by atoms with Crippen LogP contribution in [0.25, 0.3) is 0 Å². The topological polar surface area (TPSA) is 80.9 Å². The summed E-state index contributed by atoms with van der Waals surface area (Å²) in [5, 5.41) is 2.93. The highest BCUT2D eigenvalue weighted by molar-refractivity contribution is 5.93. The van der Waals surface area contributed by atoms with E-state index in [9.17, 15) is 4.79 Å². The molecule has 5 nitrogen and oxygen atoms in total. The molecule has 3 N–H and O–H groups in total. The van der Waals surface area contributed by atoms with Crippen molar-refractivity contribution in [3.05, 3.63) is 53.6 Å². The molecule has 0 aromatic carbocycles. The number of nitrogen functional groups attached to an aromatic ring is 1. The van der Waals surface area contributed by atoms with Crippen molar-refractivity contribution in [2.75, 3.05) is 5.73 Å². The molecule has 5 heteroatoms. The average molecular weight is 270 g/mol. The van der Waals surface area contributed by atoms with Crippen molar-refractivity contribution in [2.24, 2.45) is 0 Å². The smallest absolute Gasteiger partial charge is 0.270 e. The van der Waals surface area contributed by atoms with Gasteiger partial charge < -0.3 is 11.1 Å². The van der Waals surface area contributed by atoms with Crippen LogP contribution in [0.1, 0.15) is 41.1 Å². The second-order valence-corrected chi connectivity index (χ2v) is 4.67. The summed E-state index contributed by atoms with van der Waals surface area (Å²) in [6, 6.07) is 6.98. The monoisotopic (exact) mass is 270 g/mol. The van der Waals surface area contributed by atoms with E-state index in [1.54, 1.807) is 18.3 Å². The summed E-state index contributed by atoms with van der Waals surface area (Å²) in [4.78, 5) is 20.5. The van der Waals surface area contributed by atoms with Gasteiger partial charge in [-0.15, -0.1) is 0 Å². The van der Waals surface area contributed by atoms with Gasteiger partial charge in [-0.25, -0.2) is 0 Å². The Balaban J connectivity index is 2.16. The molecule has 1 atom stereocenters. The van der Waals surface area contributed by atoms with Gasteiger partial charge in [0.2, 0.25) is 0 Å². The van der Waals surface area contributed by atoms with Crippen LogP contribution in [0.15, 0.2) is 36.7 Å². The average Bonchev–Trinajstić information content (AvgIpc) is 2.44. The number of hydrogen-bond donors (Lipinski definition) is 2. The van der Waals surface area contributed by atoms with E-state index in [4.69, 9.17) is 5.73 Å². The molecule has 2 heterocycles. The molecule has 0 saturated heterocycles. The number of carbonyl (C=O) groups is 1. The first kappa shape index (κ1) is 14.0. The van der Waals surface area contributed by atoms with Crippen LogP contribution in [-0.4, -0.2) is 15.9 Å². The Morgan fingerprint density at radius 2 is 2.05 bits per heavy atom. The van der Waals surface area contributed by atoms with Gasteiger partial charge in [0, 0.05) is 18.1 Å². The molecule has 0 aliphatic heterocycles. The van der Waals surface area contributed by atoms with Gasteiger partial charge in [-0.05, 0) is 43.2 Å². The molecular formula is C15H18N4O. The largest absolute Gasteiger partial charge is 0.399 e. The van der Waals surface area contributed by atoms with E-state index in [1.807, 2.05) is 26.0 Å². The number of pyridine rings is 2. The second-order valence-electron chi connectivity index (χ2n) is 4.67. The Morgan fingerprint density at radius 1 is 1.30 bits per heavy atom. The fourth-order valence-corrected chi connectivity index (χ4v) is 1.94. The number of carbonyl (C=O) groups excluding carboxylic acids is 1. The summed E-state index contributed by atoms with van der Waals surface area (Å²) >= 11 is 0. The Labute approximate surface area is 118 Å². The molecule has 0 aliphatic rings. The molecule has 104 valence electrons. The van der Waals surface area contributed by atoms with Crippen LogP contribution in [0.2, 0.25) is 0 Å². The lowest BCUT2D eigenvalue weighted by atomic mass is 10.1. The minimum Gasteiger partial charge on any atom is -0.399 e. The summed E-state index contributed by atoms with van der Waals surface area (Å²) in [7, 11) is 0. The van der Waals surface area contributed by atoms with Gasteiger partial charge in [0.05, 0.1) is 11.7 Å². The Kier molecular flexibility index (Phi) is 4.30. The van der Waals surface area contributed by atoms with E-state index in [2.05, 4.69) is 15.3 Å². The standard InChI is InChI=1S/C15H18N4O/c1-3-12(13-8-10(2)4-6-17-13)19-15(20)14-9-11(16)5-7-18-14/h4-9,12H,3H2,1-2H3,(H2,16,18)(H,19,20). The molecular weight excluding hydrogens is 252 g/mol. The number of hydrogen-bond acceptors (Lipinski definition) is 4. The number of aryl methyl sites for hydroxylation is 1. The summed E-state index contributed by atoms with van der Waals surface area (Å²) < 4.78 is 0. The molecule has 20 heavy (non-hydrogen) atoms. The lowest BCUT2D eigenvalue weighted by Crippen LogP contribution is -2.29.